The monoisotopic (exact) mass is 132 g/mol. The highest BCUT2D eigenvalue weighted by Crippen LogP contribution is 1.78. The molecule has 46 valence electrons. The smallest absolute Gasteiger partial charge is 0.153 e. The van der Waals surface area contributed by atoms with Crippen molar-refractivity contribution in [2.75, 3.05) is 5.75 Å². The van der Waals surface area contributed by atoms with Gasteiger partial charge in [0, 0.05) is 6.42 Å². The standard InChI is InChI=1S/C5H8O2S/c1-2-3-4-5-8(6)7/h4-5H2,1H3,(H,6,7). The Morgan fingerprint density at radius 1 is 1.75 bits per heavy atom. The molecule has 0 amide bonds. The molecule has 0 heterocycles. The first-order chi connectivity index (χ1) is 3.77. The molecule has 0 saturated carbocycles. The van der Waals surface area contributed by atoms with Gasteiger partial charge in [-0.1, -0.05) is 0 Å². The summed E-state index contributed by atoms with van der Waals surface area (Å²) in [7, 11) is 0. The van der Waals surface area contributed by atoms with Crippen LogP contribution in [0.1, 0.15) is 13.3 Å². The maximum atomic E-state index is 9.92. The summed E-state index contributed by atoms with van der Waals surface area (Å²) in [6.07, 6.45) is 0.514. The van der Waals surface area contributed by atoms with Crippen LogP contribution in [-0.2, 0) is 11.1 Å². The molecule has 1 atom stereocenters. The highest BCUT2D eigenvalue weighted by atomic mass is 32.2. The third kappa shape index (κ3) is 5.67. The predicted molar refractivity (Wildman–Crippen MR) is 33.7 cm³/mol. The summed E-state index contributed by atoms with van der Waals surface area (Å²) in [6, 6.07) is 0. The molecule has 0 aliphatic rings. The molecule has 0 aromatic carbocycles. The Bertz CT molecular complexity index is 131. The summed E-state index contributed by atoms with van der Waals surface area (Å²) in [5, 5.41) is 0. The van der Waals surface area contributed by atoms with E-state index in [1.165, 1.54) is 0 Å². The molecule has 0 saturated heterocycles. The number of hydrogen-bond acceptors (Lipinski definition) is 1. The van der Waals surface area contributed by atoms with Gasteiger partial charge in [0.25, 0.3) is 0 Å². The molecule has 0 aromatic heterocycles. The predicted octanol–water partition coefficient (Wildman–Crippen LogP) is 0.622. The highest BCUT2D eigenvalue weighted by Gasteiger charge is 1.86. The molecule has 8 heavy (non-hydrogen) atoms. The van der Waals surface area contributed by atoms with Crippen molar-refractivity contribution >= 4 is 11.1 Å². The zero-order chi connectivity index (χ0) is 6.41. The van der Waals surface area contributed by atoms with Crippen molar-refractivity contribution in [3.63, 3.8) is 0 Å². The Hall–Kier alpha value is -0.330. The normalized spacial score (nSPS) is 11.8. The Morgan fingerprint density at radius 2 is 2.38 bits per heavy atom. The topological polar surface area (TPSA) is 37.3 Å². The Kier molecular flexibility index (Phi) is 4.62. The van der Waals surface area contributed by atoms with Crippen molar-refractivity contribution in [3.8, 4) is 11.8 Å². The van der Waals surface area contributed by atoms with Crippen molar-refractivity contribution in [1.82, 2.24) is 0 Å². The van der Waals surface area contributed by atoms with Crippen LogP contribution >= 0.6 is 0 Å². The van der Waals surface area contributed by atoms with Gasteiger partial charge in [0.05, 0.1) is 5.75 Å². The van der Waals surface area contributed by atoms with Crippen LogP contribution in [0.25, 0.3) is 0 Å². The minimum Gasteiger partial charge on any atom is -0.306 e. The van der Waals surface area contributed by atoms with E-state index < -0.39 is 11.1 Å². The van der Waals surface area contributed by atoms with Crippen molar-refractivity contribution in [2.45, 2.75) is 13.3 Å². The summed E-state index contributed by atoms with van der Waals surface area (Å²) in [6.45, 7) is 1.71. The van der Waals surface area contributed by atoms with Gasteiger partial charge in [-0.3, -0.25) is 0 Å². The summed E-state index contributed by atoms with van der Waals surface area (Å²) in [5.41, 5.74) is 0. The lowest BCUT2D eigenvalue weighted by molar-refractivity contribution is 0.564. The second-order valence-corrected chi connectivity index (χ2v) is 2.25. The molecule has 0 aromatic rings. The van der Waals surface area contributed by atoms with Crippen LogP contribution in [0.4, 0.5) is 0 Å². The van der Waals surface area contributed by atoms with Crippen LogP contribution in [0.5, 0.6) is 0 Å². The van der Waals surface area contributed by atoms with Crippen molar-refractivity contribution in [3.05, 3.63) is 0 Å². The summed E-state index contributed by atoms with van der Waals surface area (Å²) in [5.74, 6) is 5.57. The molecule has 2 nitrogen and oxygen atoms in total. The van der Waals surface area contributed by atoms with Gasteiger partial charge in [0.15, 0.2) is 11.1 Å². The van der Waals surface area contributed by atoms with Crippen LogP contribution < -0.4 is 0 Å². The minimum absolute atomic E-state index is 0.265. The Morgan fingerprint density at radius 3 is 2.75 bits per heavy atom. The van der Waals surface area contributed by atoms with Gasteiger partial charge in [-0.25, -0.2) is 4.21 Å². The second kappa shape index (κ2) is 4.82. The average molecular weight is 132 g/mol. The summed E-state index contributed by atoms with van der Waals surface area (Å²) in [4.78, 5) is 0. The molecule has 1 unspecified atom stereocenters. The first-order valence-electron chi connectivity index (χ1n) is 2.24. The van der Waals surface area contributed by atoms with E-state index in [1.807, 2.05) is 0 Å². The fourth-order valence-electron chi connectivity index (χ4n) is 0.263. The first kappa shape index (κ1) is 7.67. The molecule has 0 rings (SSSR count). The zero-order valence-electron chi connectivity index (χ0n) is 4.68. The maximum absolute atomic E-state index is 9.92. The minimum atomic E-state index is -1.67. The SMILES string of the molecule is CC#CCCS(=O)O. The Balaban J connectivity index is 3.14. The van der Waals surface area contributed by atoms with E-state index in [0.717, 1.165) is 0 Å². The van der Waals surface area contributed by atoms with Gasteiger partial charge in [-0.05, 0) is 6.92 Å². The number of rotatable bonds is 2. The maximum Gasteiger partial charge on any atom is 0.153 e. The fraction of sp³-hybridized carbons (Fsp3) is 0.600. The third-order valence-electron chi connectivity index (χ3n) is 0.578. The molecular formula is C5H8O2S. The van der Waals surface area contributed by atoms with Crippen molar-refractivity contribution in [1.29, 1.82) is 0 Å². The number of hydrogen-bond donors (Lipinski definition) is 1. The third-order valence-corrected chi connectivity index (χ3v) is 1.13. The van der Waals surface area contributed by atoms with Crippen LogP contribution in [0.15, 0.2) is 0 Å². The van der Waals surface area contributed by atoms with Gasteiger partial charge in [-0.2, -0.15) is 0 Å². The van der Waals surface area contributed by atoms with E-state index >= 15 is 0 Å². The lowest BCUT2D eigenvalue weighted by Crippen LogP contribution is -1.91. The molecular weight excluding hydrogens is 124 g/mol. The molecule has 0 aliphatic carbocycles. The van der Waals surface area contributed by atoms with Crippen molar-refractivity contribution in [2.24, 2.45) is 0 Å². The van der Waals surface area contributed by atoms with Crippen LogP contribution in [-0.4, -0.2) is 14.5 Å². The van der Waals surface area contributed by atoms with Gasteiger partial charge < -0.3 is 4.55 Å². The van der Waals surface area contributed by atoms with E-state index in [1.54, 1.807) is 6.92 Å². The molecule has 0 fully saturated rings. The van der Waals surface area contributed by atoms with Crippen molar-refractivity contribution < 1.29 is 8.76 Å². The molecule has 0 spiro atoms. The first-order valence-corrected chi connectivity index (χ1v) is 3.52. The average Bonchev–Trinajstić information content (AvgIpc) is 1.66. The van der Waals surface area contributed by atoms with Gasteiger partial charge >= 0.3 is 0 Å². The van der Waals surface area contributed by atoms with Gasteiger partial charge in [0.2, 0.25) is 0 Å². The molecule has 0 bridgehead atoms. The van der Waals surface area contributed by atoms with Gasteiger partial charge in [0.1, 0.15) is 0 Å². The quantitative estimate of drug-likeness (QED) is 0.442. The van der Waals surface area contributed by atoms with E-state index in [4.69, 9.17) is 4.55 Å². The van der Waals surface area contributed by atoms with Crippen LogP contribution in [0.3, 0.4) is 0 Å². The van der Waals surface area contributed by atoms with E-state index in [0.29, 0.717) is 6.42 Å². The fourth-order valence-corrected chi connectivity index (χ4v) is 0.540. The van der Waals surface area contributed by atoms with Gasteiger partial charge in [-0.15, -0.1) is 11.8 Å². The van der Waals surface area contributed by atoms with Crippen LogP contribution in [0, 0.1) is 11.8 Å². The van der Waals surface area contributed by atoms with E-state index in [-0.39, 0.29) is 5.75 Å². The second-order valence-electron chi connectivity index (χ2n) is 1.20. The highest BCUT2D eigenvalue weighted by molar-refractivity contribution is 7.79. The van der Waals surface area contributed by atoms with E-state index in [9.17, 15) is 4.21 Å². The lowest BCUT2D eigenvalue weighted by Gasteiger charge is -1.82. The Labute approximate surface area is 51.6 Å². The lowest BCUT2D eigenvalue weighted by atomic mass is 10.5. The molecule has 0 aliphatic heterocycles. The molecule has 1 N–H and O–H groups in total. The summed E-state index contributed by atoms with van der Waals surface area (Å²) >= 11 is -1.67. The van der Waals surface area contributed by atoms with Crippen LogP contribution in [0.2, 0.25) is 0 Å². The molecule has 0 radical (unpaired) electrons. The molecule has 3 heteroatoms. The zero-order valence-corrected chi connectivity index (χ0v) is 5.49. The largest absolute Gasteiger partial charge is 0.306 e. The summed E-state index contributed by atoms with van der Waals surface area (Å²) < 4.78 is 18.1. The van der Waals surface area contributed by atoms with E-state index in [2.05, 4.69) is 11.8 Å².